The minimum Gasteiger partial charge on any atom is -0.298 e. The smallest absolute Gasteiger partial charge is 0.298 e. The second-order valence-electron chi connectivity index (χ2n) is 8.17. The predicted octanol–water partition coefficient (Wildman–Crippen LogP) is 7.41. The van der Waals surface area contributed by atoms with Crippen molar-refractivity contribution in [2.24, 2.45) is 0 Å². The van der Waals surface area contributed by atoms with E-state index in [4.69, 9.17) is 0 Å². The molecule has 0 amide bonds. The first-order chi connectivity index (χ1) is 17.4. The van der Waals surface area contributed by atoms with E-state index in [1.165, 1.54) is 24.4 Å². The lowest BCUT2D eigenvalue weighted by Crippen LogP contribution is -2.10. The zero-order valence-corrected chi connectivity index (χ0v) is 19.2. The van der Waals surface area contributed by atoms with Gasteiger partial charge >= 0.3 is 6.18 Å². The average molecular weight is 483 g/mol. The number of halogens is 3. The molecule has 0 saturated heterocycles. The van der Waals surface area contributed by atoms with Crippen LogP contribution in [0.25, 0.3) is 23.3 Å². The number of aromatic nitrogens is 1. The van der Waals surface area contributed by atoms with Crippen LogP contribution >= 0.6 is 0 Å². The van der Waals surface area contributed by atoms with Crippen molar-refractivity contribution in [2.75, 3.05) is 0 Å². The fourth-order valence-electron chi connectivity index (χ4n) is 4.06. The van der Waals surface area contributed by atoms with Gasteiger partial charge in [0, 0.05) is 17.3 Å². The molecule has 1 aromatic heterocycles. The maximum atomic E-state index is 13.9. The van der Waals surface area contributed by atoms with Gasteiger partial charge < -0.3 is 0 Å². The summed E-state index contributed by atoms with van der Waals surface area (Å²) in [5, 5.41) is 9.79. The molecule has 0 bridgehead atoms. The molecule has 3 aromatic carbocycles. The number of hydrogen-bond acceptors (Lipinski definition) is 3. The molecule has 0 fully saturated rings. The molecule has 178 valence electrons. The number of pyridine rings is 1. The van der Waals surface area contributed by atoms with Crippen molar-refractivity contribution in [3.63, 3.8) is 0 Å². The maximum Gasteiger partial charge on any atom is 0.417 e. The van der Waals surface area contributed by atoms with Gasteiger partial charge in [-0.25, -0.2) is 0 Å². The zero-order chi connectivity index (χ0) is 25.5. The van der Waals surface area contributed by atoms with Crippen LogP contribution in [-0.2, 0) is 19.0 Å². The van der Waals surface area contributed by atoms with Crippen LogP contribution in [0.15, 0.2) is 85.1 Å². The molecule has 0 unspecified atom stereocenters. The van der Waals surface area contributed by atoms with E-state index in [-0.39, 0.29) is 22.4 Å². The summed E-state index contributed by atoms with van der Waals surface area (Å²) < 4.78 is 41.7. The second kappa shape index (κ2) is 10.8. The van der Waals surface area contributed by atoms with E-state index in [1.807, 2.05) is 60.7 Å². The minimum absolute atomic E-state index is 0.0114. The molecular formula is C30H21F3N2O. The largest absolute Gasteiger partial charge is 0.417 e. The van der Waals surface area contributed by atoms with Crippen molar-refractivity contribution >= 4 is 18.4 Å². The Kier molecular flexibility index (Phi) is 7.41. The van der Waals surface area contributed by atoms with Gasteiger partial charge in [0.1, 0.15) is 12.4 Å². The van der Waals surface area contributed by atoms with Crippen LogP contribution in [-0.4, -0.2) is 11.3 Å². The van der Waals surface area contributed by atoms with Crippen LogP contribution in [0.3, 0.4) is 0 Å². The maximum absolute atomic E-state index is 13.9. The standard InChI is InChI=1S/C30H21F3N2O/c31-30(32,33)28-18-25(20-36)23(12-11-21-7-3-1-4-8-21)17-24(28)13-14-29-27(19-34)26(15-16-35-29)22-9-5-2-6-10-22/h1-10,13-18,20H,11-12H2. The minimum atomic E-state index is -4.66. The molecule has 6 heteroatoms. The number of rotatable bonds is 7. The number of nitriles is 1. The van der Waals surface area contributed by atoms with Crippen LogP contribution in [0.5, 0.6) is 0 Å². The first-order valence-corrected chi connectivity index (χ1v) is 11.3. The summed E-state index contributed by atoms with van der Waals surface area (Å²) in [7, 11) is 0. The molecule has 0 radical (unpaired) electrons. The van der Waals surface area contributed by atoms with Gasteiger partial charge in [0.2, 0.25) is 0 Å². The summed E-state index contributed by atoms with van der Waals surface area (Å²) in [5.74, 6) is 0. The third-order valence-electron chi connectivity index (χ3n) is 5.87. The quantitative estimate of drug-likeness (QED) is 0.258. The molecular weight excluding hydrogens is 461 g/mol. The SMILES string of the molecule is N#Cc1c(-c2ccccc2)ccnc1C=Cc1cc(CCc2ccccc2)c(C=O)cc1C(F)(F)F. The first-order valence-electron chi connectivity index (χ1n) is 11.3. The summed E-state index contributed by atoms with van der Waals surface area (Å²) >= 11 is 0. The number of hydrogen-bond donors (Lipinski definition) is 0. The van der Waals surface area contributed by atoms with Crippen LogP contribution < -0.4 is 0 Å². The summed E-state index contributed by atoms with van der Waals surface area (Å²) in [5.41, 5.74) is 2.52. The molecule has 0 aliphatic carbocycles. The molecule has 4 rings (SSSR count). The number of carbonyl (C=O) groups excluding carboxylic acids is 1. The van der Waals surface area contributed by atoms with Gasteiger partial charge in [-0.2, -0.15) is 18.4 Å². The Hall–Kier alpha value is -4.50. The van der Waals surface area contributed by atoms with Crippen LogP contribution in [0.1, 0.15) is 43.9 Å². The molecule has 0 aliphatic heterocycles. The summed E-state index contributed by atoms with van der Waals surface area (Å²) in [4.78, 5) is 15.9. The van der Waals surface area contributed by atoms with E-state index in [2.05, 4.69) is 11.1 Å². The van der Waals surface area contributed by atoms with Gasteiger partial charge in [-0.3, -0.25) is 9.78 Å². The molecule has 4 aromatic rings. The van der Waals surface area contributed by atoms with Crippen molar-refractivity contribution in [2.45, 2.75) is 19.0 Å². The molecule has 0 N–H and O–H groups in total. The highest BCUT2D eigenvalue weighted by atomic mass is 19.4. The van der Waals surface area contributed by atoms with E-state index in [0.717, 1.165) is 17.2 Å². The molecule has 0 aliphatic rings. The lowest BCUT2D eigenvalue weighted by molar-refractivity contribution is -0.137. The molecule has 36 heavy (non-hydrogen) atoms. The number of carbonyl (C=O) groups is 1. The van der Waals surface area contributed by atoms with Crippen LogP contribution in [0, 0.1) is 11.3 Å². The third kappa shape index (κ3) is 5.59. The first kappa shape index (κ1) is 24.6. The van der Waals surface area contributed by atoms with Crippen molar-refractivity contribution in [3.8, 4) is 17.2 Å². The molecule has 0 spiro atoms. The number of aryl methyl sites for hydroxylation is 2. The Balaban J connectivity index is 1.75. The fraction of sp³-hybridized carbons (Fsp3) is 0.100. The monoisotopic (exact) mass is 482 g/mol. The predicted molar refractivity (Wildman–Crippen MR) is 134 cm³/mol. The second-order valence-corrected chi connectivity index (χ2v) is 8.17. The Labute approximate surface area is 207 Å². The van der Waals surface area contributed by atoms with Gasteiger partial charge in [-0.15, -0.1) is 0 Å². The van der Waals surface area contributed by atoms with Crippen LogP contribution in [0.4, 0.5) is 13.2 Å². The Morgan fingerprint density at radius 3 is 2.19 bits per heavy atom. The number of aldehydes is 1. The highest BCUT2D eigenvalue weighted by molar-refractivity contribution is 5.82. The fourth-order valence-corrected chi connectivity index (χ4v) is 4.06. The van der Waals surface area contributed by atoms with Gasteiger partial charge in [0.15, 0.2) is 0 Å². The highest BCUT2D eigenvalue weighted by Gasteiger charge is 2.33. The number of nitrogens with zero attached hydrogens (tertiary/aromatic N) is 2. The highest BCUT2D eigenvalue weighted by Crippen LogP contribution is 2.35. The van der Waals surface area contributed by atoms with Gasteiger partial charge in [0.05, 0.1) is 16.8 Å². The van der Waals surface area contributed by atoms with E-state index in [1.54, 1.807) is 6.07 Å². The molecule has 0 atom stereocenters. The Bertz CT molecular complexity index is 1440. The van der Waals surface area contributed by atoms with E-state index in [9.17, 15) is 23.2 Å². The summed E-state index contributed by atoms with van der Waals surface area (Å²) in [6.45, 7) is 0. The zero-order valence-electron chi connectivity index (χ0n) is 19.2. The summed E-state index contributed by atoms with van der Waals surface area (Å²) in [6, 6.07) is 24.9. The number of alkyl halides is 3. The Morgan fingerprint density at radius 2 is 1.56 bits per heavy atom. The average Bonchev–Trinajstić information content (AvgIpc) is 2.90. The Morgan fingerprint density at radius 1 is 0.861 bits per heavy atom. The third-order valence-corrected chi connectivity index (χ3v) is 5.87. The van der Waals surface area contributed by atoms with Crippen molar-refractivity contribution in [3.05, 3.63) is 124 Å². The van der Waals surface area contributed by atoms with Crippen molar-refractivity contribution in [1.82, 2.24) is 4.98 Å². The normalized spacial score (nSPS) is 11.4. The van der Waals surface area contributed by atoms with Gasteiger partial charge in [-0.05, 0) is 53.3 Å². The van der Waals surface area contributed by atoms with E-state index >= 15 is 0 Å². The topological polar surface area (TPSA) is 53.8 Å². The van der Waals surface area contributed by atoms with Gasteiger partial charge in [-0.1, -0.05) is 72.8 Å². The van der Waals surface area contributed by atoms with Crippen molar-refractivity contribution in [1.29, 1.82) is 5.26 Å². The number of benzene rings is 3. The molecule has 3 nitrogen and oxygen atoms in total. The lowest BCUT2D eigenvalue weighted by Gasteiger charge is -2.15. The van der Waals surface area contributed by atoms with E-state index in [0.29, 0.717) is 30.3 Å². The lowest BCUT2D eigenvalue weighted by atomic mass is 9.93. The summed E-state index contributed by atoms with van der Waals surface area (Å²) in [6.07, 6.45) is 1.03. The van der Waals surface area contributed by atoms with Crippen LogP contribution in [0.2, 0.25) is 0 Å². The van der Waals surface area contributed by atoms with Crippen molar-refractivity contribution < 1.29 is 18.0 Å². The molecule has 1 heterocycles. The molecule has 0 saturated carbocycles. The van der Waals surface area contributed by atoms with Gasteiger partial charge in [0.25, 0.3) is 0 Å². The van der Waals surface area contributed by atoms with E-state index < -0.39 is 11.7 Å².